The molecule has 0 saturated heterocycles. The number of rotatable bonds is 6. The summed E-state index contributed by atoms with van der Waals surface area (Å²) in [7, 11) is 1.31. The second-order valence-corrected chi connectivity index (χ2v) is 5.09. The standard InChI is InChI=1S/C12H13ClFNO3S/c1-18-12(17)4-5-19-7-11(16)15-10-6-8(13)2-3-9(10)14/h2-3,6H,4-5,7H2,1H3,(H,15,16). The van der Waals surface area contributed by atoms with Crippen LogP contribution in [0.15, 0.2) is 18.2 Å². The van der Waals surface area contributed by atoms with Crippen LogP contribution in [0.1, 0.15) is 6.42 Å². The number of hydrogen-bond donors (Lipinski definition) is 1. The molecular weight excluding hydrogens is 293 g/mol. The van der Waals surface area contributed by atoms with E-state index in [1.165, 1.54) is 37.1 Å². The molecule has 1 aromatic rings. The van der Waals surface area contributed by atoms with E-state index in [4.69, 9.17) is 11.6 Å². The smallest absolute Gasteiger partial charge is 0.306 e. The number of carbonyl (C=O) groups is 2. The highest BCUT2D eigenvalue weighted by Crippen LogP contribution is 2.19. The first-order chi connectivity index (χ1) is 9.02. The number of methoxy groups -OCH3 is 1. The topological polar surface area (TPSA) is 55.4 Å². The number of thioether (sulfide) groups is 1. The molecule has 0 bridgehead atoms. The minimum atomic E-state index is -0.544. The van der Waals surface area contributed by atoms with Crippen LogP contribution in [-0.2, 0) is 14.3 Å². The third-order valence-electron chi connectivity index (χ3n) is 2.11. The lowest BCUT2D eigenvalue weighted by Crippen LogP contribution is -2.15. The van der Waals surface area contributed by atoms with Crippen LogP contribution in [-0.4, -0.2) is 30.5 Å². The maximum absolute atomic E-state index is 13.3. The summed E-state index contributed by atoms with van der Waals surface area (Å²) in [5.74, 6) is -0.622. The Labute approximate surface area is 119 Å². The Morgan fingerprint density at radius 1 is 1.47 bits per heavy atom. The Morgan fingerprint density at radius 3 is 2.89 bits per heavy atom. The highest BCUT2D eigenvalue weighted by Gasteiger charge is 2.08. The summed E-state index contributed by atoms with van der Waals surface area (Å²) < 4.78 is 17.8. The number of nitrogens with one attached hydrogen (secondary N) is 1. The third-order valence-corrected chi connectivity index (χ3v) is 3.31. The molecule has 19 heavy (non-hydrogen) atoms. The second-order valence-electron chi connectivity index (χ2n) is 3.55. The van der Waals surface area contributed by atoms with Crippen molar-refractivity contribution in [2.75, 3.05) is 23.9 Å². The molecule has 0 aromatic heterocycles. The van der Waals surface area contributed by atoms with E-state index < -0.39 is 5.82 Å². The molecule has 0 radical (unpaired) electrons. The summed E-state index contributed by atoms with van der Waals surface area (Å²) in [5, 5.41) is 2.76. The van der Waals surface area contributed by atoms with Gasteiger partial charge in [0.15, 0.2) is 0 Å². The van der Waals surface area contributed by atoms with Gasteiger partial charge in [-0.3, -0.25) is 9.59 Å². The van der Waals surface area contributed by atoms with E-state index in [1.807, 2.05) is 0 Å². The molecular formula is C12H13ClFNO3S. The van der Waals surface area contributed by atoms with Crippen LogP contribution in [0.2, 0.25) is 5.02 Å². The molecule has 0 aliphatic carbocycles. The van der Waals surface area contributed by atoms with Gasteiger partial charge in [-0.05, 0) is 18.2 Å². The molecule has 0 heterocycles. The number of hydrogen-bond acceptors (Lipinski definition) is 4. The van der Waals surface area contributed by atoms with Crippen LogP contribution in [0.5, 0.6) is 0 Å². The van der Waals surface area contributed by atoms with Crippen LogP contribution < -0.4 is 5.32 Å². The zero-order valence-electron chi connectivity index (χ0n) is 10.2. The number of esters is 1. The molecule has 4 nitrogen and oxygen atoms in total. The minimum absolute atomic E-state index is 0.0473. The van der Waals surface area contributed by atoms with Crippen LogP contribution in [0, 0.1) is 5.82 Å². The number of amides is 1. The molecule has 0 spiro atoms. The van der Waals surface area contributed by atoms with Crippen molar-refractivity contribution in [3.05, 3.63) is 29.0 Å². The fourth-order valence-electron chi connectivity index (χ4n) is 1.20. The first kappa shape index (κ1) is 15.8. The van der Waals surface area contributed by atoms with Gasteiger partial charge >= 0.3 is 5.97 Å². The molecule has 1 amide bonds. The van der Waals surface area contributed by atoms with Crippen LogP contribution in [0.25, 0.3) is 0 Å². The van der Waals surface area contributed by atoms with Crippen molar-refractivity contribution in [2.45, 2.75) is 6.42 Å². The van der Waals surface area contributed by atoms with Crippen LogP contribution in [0.3, 0.4) is 0 Å². The number of ether oxygens (including phenoxy) is 1. The van der Waals surface area contributed by atoms with Gasteiger partial charge in [-0.15, -0.1) is 0 Å². The Bertz CT molecular complexity index is 470. The summed E-state index contributed by atoms with van der Waals surface area (Å²) in [5.41, 5.74) is 0.0473. The van der Waals surface area contributed by atoms with Crippen molar-refractivity contribution in [3.63, 3.8) is 0 Å². The maximum Gasteiger partial charge on any atom is 0.306 e. The van der Waals surface area contributed by atoms with E-state index in [0.717, 1.165) is 0 Å². The highest BCUT2D eigenvalue weighted by atomic mass is 35.5. The average Bonchev–Trinajstić information content (AvgIpc) is 2.38. The SMILES string of the molecule is COC(=O)CCSCC(=O)Nc1cc(Cl)ccc1F. The van der Waals surface area contributed by atoms with Gasteiger partial charge in [-0.1, -0.05) is 11.6 Å². The summed E-state index contributed by atoms with van der Waals surface area (Å²) in [6.45, 7) is 0. The van der Waals surface area contributed by atoms with E-state index in [2.05, 4.69) is 10.1 Å². The largest absolute Gasteiger partial charge is 0.469 e. The minimum Gasteiger partial charge on any atom is -0.469 e. The first-order valence-electron chi connectivity index (χ1n) is 5.42. The number of halogens is 2. The van der Waals surface area contributed by atoms with Crippen molar-refractivity contribution < 1.29 is 18.7 Å². The van der Waals surface area contributed by atoms with Gasteiger partial charge in [0.05, 0.1) is 25.0 Å². The average molecular weight is 306 g/mol. The lowest BCUT2D eigenvalue weighted by molar-refractivity contribution is -0.140. The molecule has 0 fully saturated rings. The van der Waals surface area contributed by atoms with Gasteiger partial charge in [-0.25, -0.2) is 4.39 Å². The lowest BCUT2D eigenvalue weighted by atomic mass is 10.3. The fourth-order valence-corrected chi connectivity index (χ4v) is 2.09. The Morgan fingerprint density at radius 2 is 2.21 bits per heavy atom. The summed E-state index contributed by atoms with van der Waals surface area (Å²) in [4.78, 5) is 22.4. The van der Waals surface area contributed by atoms with Gasteiger partial charge in [0.25, 0.3) is 0 Å². The molecule has 1 aromatic carbocycles. The van der Waals surface area contributed by atoms with Crippen molar-refractivity contribution in [3.8, 4) is 0 Å². The Hall–Kier alpha value is -1.27. The normalized spacial score (nSPS) is 10.1. The number of benzene rings is 1. The van der Waals surface area contributed by atoms with E-state index in [0.29, 0.717) is 10.8 Å². The predicted molar refractivity (Wildman–Crippen MR) is 74.0 cm³/mol. The molecule has 7 heteroatoms. The molecule has 0 unspecified atom stereocenters. The molecule has 0 saturated carbocycles. The van der Waals surface area contributed by atoms with Crippen molar-refractivity contribution in [1.29, 1.82) is 0 Å². The summed E-state index contributed by atoms with van der Waals surface area (Å²) >= 11 is 6.97. The van der Waals surface area contributed by atoms with Gasteiger partial charge < -0.3 is 10.1 Å². The first-order valence-corrected chi connectivity index (χ1v) is 6.95. The third kappa shape index (κ3) is 5.94. The summed E-state index contributed by atoms with van der Waals surface area (Å²) in [6.07, 6.45) is 0.236. The molecule has 104 valence electrons. The monoisotopic (exact) mass is 305 g/mol. The number of carbonyl (C=O) groups excluding carboxylic acids is 2. The predicted octanol–water partition coefficient (Wildman–Crippen LogP) is 2.71. The molecule has 1 N–H and O–H groups in total. The van der Waals surface area contributed by atoms with E-state index >= 15 is 0 Å². The van der Waals surface area contributed by atoms with Gasteiger partial charge in [0, 0.05) is 10.8 Å². The summed E-state index contributed by atoms with van der Waals surface area (Å²) in [6, 6.07) is 3.92. The fraction of sp³-hybridized carbons (Fsp3) is 0.333. The highest BCUT2D eigenvalue weighted by molar-refractivity contribution is 7.99. The zero-order chi connectivity index (χ0) is 14.3. The molecule has 0 aliphatic rings. The number of anilines is 1. The van der Waals surface area contributed by atoms with Crippen LogP contribution >= 0.6 is 23.4 Å². The van der Waals surface area contributed by atoms with Crippen LogP contribution in [0.4, 0.5) is 10.1 Å². The van der Waals surface area contributed by atoms with Gasteiger partial charge in [0.1, 0.15) is 5.82 Å². The molecule has 0 aliphatic heterocycles. The lowest BCUT2D eigenvalue weighted by Gasteiger charge is -2.06. The van der Waals surface area contributed by atoms with Gasteiger partial charge in [0.2, 0.25) is 5.91 Å². The molecule has 1 rings (SSSR count). The van der Waals surface area contributed by atoms with E-state index in [-0.39, 0.29) is 29.7 Å². The van der Waals surface area contributed by atoms with E-state index in [9.17, 15) is 14.0 Å². The van der Waals surface area contributed by atoms with Crippen molar-refractivity contribution >= 4 is 40.9 Å². The quantitative estimate of drug-likeness (QED) is 0.648. The second kappa shape index (κ2) is 8.01. The van der Waals surface area contributed by atoms with Gasteiger partial charge in [-0.2, -0.15) is 11.8 Å². The maximum atomic E-state index is 13.3. The Balaban J connectivity index is 2.35. The van der Waals surface area contributed by atoms with Crippen molar-refractivity contribution in [1.82, 2.24) is 0 Å². The Kier molecular flexibility index (Phi) is 6.66. The zero-order valence-corrected chi connectivity index (χ0v) is 11.8. The van der Waals surface area contributed by atoms with Crippen molar-refractivity contribution in [2.24, 2.45) is 0 Å². The molecule has 0 atom stereocenters. The van der Waals surface area contributed by atoms with E-state index in [1.54, 1.807) is 0 Å².